The molecule has 3 aromatic carbocycles. The SMILES string of the molecule is COc1ccc(NC(=O)NCCCn2c(-c3ccc(N4CCOCC4)cc3)cs/c2=N\c2ccc(F)cc2)cc1. The van der Waals surface area contributed by atoms with E-state index in [1.54, 1.807) is 43.5 Å². The average molecular weight is 562 g/mol. The number of aromatic nitrogens is 1. The number of amides is 2. The van der Waals surface area contributed by atoms with E-state index in [1.807, 2.05) is 0 Å². The highest BCUT2D eigenvalue weighted by Crippen LogP contribution is 2.25. The fourth-order valence-electron chi connectivity index (χ4n) is 4.44. The lowest BCUT2D eigenvalue weighted by Crippen LogP contribution is -2.36. The summed E-state index contributed by atoms with van der Waals surface area (Å²) in [7, 11) is 1.60. The van der Waals surface area contributed by atoms with Crippen molar-refractivity contribution in [3.8, 4) is 17.0 Å². The number of methoxy groups -OCH3 is 1. The molecule has 4 aromatic rings. The number of urea groups is 1. The molecule has 1 fully saturated rings. The fraction of sp³-hybridized carbons (Fsp3) is 0.267. The van der Waals surface area contributed by atoms with Crippen LogP contribution in [0, 0.1) is 5.82 Å². The van der Waals surface area contributed by atoms with Crippen molar-refractivity contribution in [2.24, 2.45) is 4.99 Å². The first-order valence-corrected chi connectivity index (χ1v) is 14.1. The van der Waals surface area contributed by atoms with Crippen molar-refractivity contribution in [2.75, 3.05) is 50.2 Å². The minimum absolute atomic E-state index is 0.268. The smallest absolute Gasteiger partial charge is 0.319 e. The van der Waals surface area contributed by atoms with E-state index >= 15 is 0 Å². The summed E-state index contributed by atoms with van der Waals surface area (Å²) in [5, 5.41) is 7.85. The monoisotopic (exact) mass is 561 g/mol. The van der Waals surface area contributed by atoms with Gasteiger partial charge in [-0.3, -0.25) is 0 Å². The lowest BCUT2D eigenvalue weighted by molar-refractivity contribution is 0.122. The van der Waals surface area contributed by atoms with Crippen LogP contribution in [0.4, 0.5) is 26.2 Å². The van der Waals surface area contributed by atoms with Gasteiger partial charge in [-0.2, -0.15) is 0 Å². The molecule has 2 N–H and O–H groups in total. The topological polar surface area (TPSA) is 80.1 Å². The maximum atomic E-state index is 13.4. The van der Waals surface area contributed by atoms with Crippen LogP contribution in [-0.4, -0.2) is 50.6 Å². The van der Waals surface area contributed by atoms with Gasteiger partial charge in [0.05, 0.1) is 31.7 Å². The van der Waals surface area contributed by atoms with Crippen molar-refractivity contribution in [2.45, 2.75) is 13.0 Å². The molecule has 10 heteroatoms. The first-order chi connectivity index (χ1) is 19.6. The molecule has 1 aromatic heterocycles. The van der Waals surface area contributed by atoms with E-state index in [0.717, 1.165) is 48.1 Å². The van der Waals surface area contributed by atoms with Gasteiger partial charge >= 0.3 is 6.03 Å². The van der Waals surface area contributed by atoms with E-state index in [1.165, 1.54) is 29.2 Å². The molecule has 0 aliphatic carbocycles. The van der Waals surface area contributed by atoms with Crippen molar-refractivity contribution in [1.82, 2.24) is 9.88 Å². The van der Waals surface area contributed by atoms with E-state index in [2.05, 4.69) is 49.7 Å². The van der Waals surface area contributed by atoms with Gasteiger partial charge in [-0.15, -0.1) is 11.3 Å². The Kier molecular flexibility index (Phi) is 9.10. The average Bonchev–Trinajstić information content (AvgIpc) is 3.39. The van der Waals surface area contributed by atoms with Gasteiger partial charge in [0.15, 0.2) is 4.80 Å². The number of thiazole rings is 1. The standard InChI is InChI=1S/C30H32FN5O3S/c1-38-27-13-9-24(10-14-27)33-29(37)32-15-2-16-36-28(21-40-30(36)34-25-7-5-23(31)6-8-25)22-3-11-26(12-4-22)35-17-19-39-20-18-35/h3-14,21H,2,15-20H2,1H3,(H2,32,33,37)/b34-30-. The highest BCUT2D eigenvalue weighted by atomic mass is 32.1. The van der Waals surface area contributed by atoms with Crippen LogP contribution < -0.4 is 25.1 Å². The van der Waals surface area contributed by atoms with E-state index in [4.69, 9.17) is 14.5 Å². The van der Waals surface area contributed by atoms with Crippen LogP contribution in [0.3, 0.4) is 0 Å². The van der Waals surface area contributed by atoms with E-state index in [9.17, 15) is 9.18 Å². The van der Waals surface area contributed by atoms with E-state index < -0.39 is 0 Å². The van der Waals surface area contributed by atoms with Gasteiger partial charge in [0, 0.05) is 42.9 Å². The Morgan fingerprint density at radius 2 is 1.75 bits per heavy atom. The molecule has 40 heavy (non-hydrogen) atoms. The van der Waals surface area contributed by atoms with Crippen LogP contribution in [0.15, 0.2) is 83.2 Å². The highest BCUT2D eigenvalue weighted by Gasteiger charge is 2.13. The van der Waals surface area contributed by atoms with Crippen LogP contribution in [0.25, 0.3) is 11.3 Å². The number of hydrogen-bond acceptors (Lipinski definition) is 6. The minimum Gasteiger partial charge on any atom is -0.497 e. The van der Waals surface area contributed by atoms with Gasteiger partial charge < -0.3 is 29.6 Å². The van der Waals surface area contributed by atoms with Crippen molar-refractivity contribution in [1.29, 1.82) is 0 Å². The second-order valence-corrected chi connectivity index (χ2v) is 10.1. The second kappa shape index (κ2) is 13.3. The molecular formula is C30H32FN5O3S. The van der Waals surface area contributed by atoms with Gasteiger partial charge in [0.1, 0.15) is 11.6 Å². The first kappa shape index (κ1) is 27.4. The molecule has 5 rings (SSSR count). The Hall–Kier alpha value is -4.15. The van der Waals surface area contributed by atoms with E-state index in [0.29, 0.717) is 30.9 Å². The summed E-state index contributed by atoms with van der Waals surface area (Å²) in [5.41, 5.74) is 4.68. The van der Waals surface area contributed by atoms with Gasteiger partial charge in [0.25, 0.3) is 0 Å². The zero-order valence-electron chi connectivity index (χ0n) is 22.3. The molecule has 0 saturated carbocycles. The number of ether oxygens (including phenoxy) is 2. The Morgan fingerprint density at radius 3 is 2.45 bits per heavy atom. The normalized spacial score (nSPS) is 13.8. The summed E-state index contributed by atoms with van der Waals surface area (Å²) >= 11 is 1.54. The summed E-state index contributed by atoms with van der Waals surface area (Å²) < 4.78 is 26.2. The highest BCUT2D eigenvalue weighted by molar-refractivity contribution is 7.07. The molecule has 2 amide bonds. The summed E-state index contributed by atoms with van der Waals surface area (Å²) in [6.07, 6.45) is 0.697. The number of rotatable bonds is 9. The molecule has 0 spiro atoms. The van der Waals surface area contributed by atoms with Crippen molar-refractivity contribution < 1.29 is 18.7 Å². The number of nitrogens with zero attached hydrogens (tertiary/aromatic N) is 3. The third-order valence-electron chi connectivity index (χ3n) is 6.58. The van der Waals surface area contributed by atoms with Crippen LogP contribution >= 0.6 is 11.3 Å². The number of nitrogens with one attached hydrogen (secondary N) is 2. The number of morpholine rings is 1. The molecule has 8 nitrogen and oxygen atoms in total. The summed E-state index contributed by atoms with van der Waals surface area (Å²) in [5.74, 6) is 0.435. The lowest BCUT2D eigenvalue weighted by Gasteiger charge is -2.28. The largest absolute Gasteiger partial charge is 0.497 e. The Bertz CT molecular complexity index is 1460. The Labute approximate surface area is 236 Å². The maximum absolute atomic E-state index is 13.4. The van der Waals surface area contributed by atoms with Gasteiger partial charge in [-0.25, -0.2) is 14.2 Å². The predicted molar refractivity (Wildman–Crippen MR) is 157 cm³/mol. The number of hydrogen-bond donors (Lipinski definition) is 2. The molecule has 1 aliphatic heterocycles. The third-order valence-corrected chi connectivity index (χ3v) is 7.44. The van der Waals surface area contributed by atoms with Crippen LogP contribution in [0.5, 0.6) is 5.75 Å². The maximum Gasteiger partial charge on any atom is 0.319 e. The summed E-state index contributed by atoms with van der Waals surface area (Å²) in [6.45, 7) is 4.39. The number of halogens is 1. The van der Waals surface area contributed by atoms with Crippen molar-refractivity contribution >= 4 is 34.4 Å². The quantitative estimate of drug-likeness (QED) is 0.259. The fourth-order valence-corrected chi connectivity index (χ4v) is 5.40. The van der Waals surface area contributed by atoms with Gasteiger partial charge in [-0.1, -0.05) is 12.1 Å². The number of anilines is 2. The van der Waals surface area contributed by atoms with Crippen molar-refractivity contribution in [3.05, 3.63) is 88.8 Å². The molecule has 0 radical (unpaired) electrons. The zero-order valence-corrected chi connectivity index (χ0v) is 23.1. The van der Waals surface area contributed by atoms with Crippen molar-refractivity contribution in [3.63, 3.8) is 0 Å². The third kappa shape index (κ3) is 7.08. The second-order valence-electron chi connectivity index (χ2n) is 9.25. The zero-order chi connectivity index (χ0) is 27.7. The first-order valence-electron chi connectivity index (χ1n) is 13.2. The van der Waals surface area contributed by atoms with E-state index in [-0.39, 0.29) is 11.8 Å². The minimum atomic E-state index is -0.293. The molecule has 2 heterocycles. The van der Waals surface area contributed by atoms with Gasteiger partial charge in [-0.05, 0) is 72.6 Å². The lowest BCUT2D eigenvalue weighted by atomic mass is 10.1. The number of carbonyl (C=O) groups excluding carboxylic acids is 1. The number of benzene rings is 3. The Morgan fingerprint density at radius 1 is 1.02 bits per heavy atom. The molecule has 1 aliphatic rings. The molecule has 0 unspecified atom stereocenters. The predicted octanol–water partition coefficient (Wildman–Crippen LogP) is 5.65. The summed E-state index contributed by atoms with van der Waals surface area (Å²) in [6, 6.07) is 21.6. The van der Waals surface area contributed by atoms with Crippen LogP contribution in [0.2, 0.25) is 0 Å². The summed E-state index contributed by atoms with van der Waals surface area (Å²) in [4.78, 5) is 20.3. The molecule has 0 atom stereocenters. The Balaban J connectivity index is 1.29. The number of carbonyl (C=O) groups is 1. The molecule has 1 saturated heterocycles. The van der Waals surface area contributed by atoms with Gasteiger partial charge in [0.2, 0.25) is 0 Å². The van der Waals surface area contributed by atoms with Crippen LogP contribution in [0.1, 0.15) is 6.42 Å². The molecular weight excluding hydrogens is 529 g/mol. The van der Waals surface area contributed by atoms with Crippen LogP contribution in [-0.2, 0) is 11.3 Å². The molecule has 208 valence electrons. The molecule has 0 bridgehead atoms.